The quantitative estimate of drug-likeness (QED) is 0.806. The summed E-state index contributed by atoms with van der Waals surface area (Å²) >= 11 is 0. The number of ether oxygens (including phenoxy) is 1. The fraction of sp³-hybridized carbons (Fsp3) is 0.250. The van der Waals surface area contributed by atoms with Gasteiger partial charge < -0.3 is 15.8 Å². The van der Waals surface area contributed by atoms with Gasteiger partial charge in [-0.3, -0.25) is 0 Å². The maximum atomic E-state index is 5.96. The van der Waals surface area contributed by atoms with Crippen LogP contribution < -0.4 is 15.8 Å². The first kappa shape index (κ1) is 11.9. The normalized spacial score (nSPS) is 17.4. The lowest BCUT2D eigenvalue weighted by Gasteiger charge is -2.28. The Balaban J connectivity index is 1.91. The Morgan fingerprint density at radius 3 is 2.89 bits per heavy atom. The number of hydrogen-bond acceptors (Lipinski definition) is 3. The van der Waals surface area contributed by atoms with E-state index in [4.69, 9.17) is 10.5 Å². The van der Waals surface area contributed by atoms with E-state index in [1.165, 1.54) is 5.56 Å². The number of nitrogen functional groups attached to an aromatic ring is 1. The second-order valence-corrected chi connectivity index (χ2v) is 4.89. The number of para-hydroxylation sites is 1. The summed E-state index contributed by atoms with van der Waals surface area (Å²) in [5.41, 5.74) is 10.2. The Bertz CT molecular complexity index is 595. The predicted octanol–water partition coefficient (Wildman–Crippen LogP) is 3.51. The van der Waals surface area contributed by atoms with E-state index in [0.717, 1.165) is 35.7 Å². The smallest absolute Gasteiger partial charge is 0.124 e. The van der Waals surface area contributed by atoms with E-state index in [-0.39, 0.29) is 6.04 Å². The van der Waals surface area contributed by atoms with Crippen molar-refractivity contribution < 1.29 is 4.74 Å². The largest absolute Gasteiger partial charge is 0.493 e. The molecule has 0 saturated carbocycles. The summed E-state index contributed by atoms with van der Waals surface area (Å²) in [5.74, 6) is 0.979. The monoisotopic (exact) mass is 254 g/mol. The first-order valence-corrected chi connectivity index (χ1v) is 6.59. The van der Waals surface area contributed by atoms with Gasteiger partial charge in [-0.15, -0.1) is 0 Å². The zero-order chi connectivity index (χ0) is 13.2. The predicted molar refractivity (Wildman–Crippen MR) is 78.5 cm³/mol. The van der Waals surface area contributed by atoms with Crippen LogP contribution in [0, 0.1) is 6.92 Å². The first-order chi connectivity index (χ1) is 9.25. The van der Waals surface area contributed by atoms with E-state index >= 15 is 0 Å². The molecule has 0 spiro atoms. The average molecular weight is 254 g/mol. The molecule has 3 N–H and O–H groups in total. The summed E-state index contributed by atoms with van der Waals surface area (Å²) < 4.78 is 5.68. The number of nitrogens with two attached hydrogens (primary N) is 1. The summed E-state index contributed by atoms with van der Waals surface area (Å²) in [6.45, 7) is 2.79. The van der Waals surface area contributed by atoms with Crippen LogP contribution in [0.1, 0.15) is 23.6 Å². The highest BCUT2D eigenvalue weighted by Crippen LogP contribution is 2.35. The number of rotatable bonds is 2. The molecule has 1 heterocycles. The Hall–Kier alpha value is -2.16. The van der Waals surface area contributed by atoms with Crippen LogP contribution in [0.5, 0.6) is 5.75 Å². The lowest BCUT2D eigenvalue weighted by molar-refractivity contribution is 0.274. The summed E-state index contributed by atoms with van der Waals surface area (Å²) in [6, 6.07) is 14.5. The number of fused-ring (bicyclic) bond motifs is 1. The van der Waals surface area contributed by atoms with Gasteiger partial charge in [0.05, 0.1) is 12.6 Å². The maximum absolute atomic E-state index is 5.96. The van der Waals surface area contributed by atoms with E-state index < -0.39 is 0 Å². The molecule has 3 rings (SSSR count). The Kier molecular flexibility index (Phi) is 3.03. The van der Waals surface area contributed by atoms with Crippen LogP contribution in [0.4, 0.5) is 11.4 Å². The molecule has 3 nitrogen and oxygen atoms in total. The van der Waals surface area contributed by atoms with Crippen LogP contribution >= 0.6 is 0 Å². The van der Waals surface area contributed by atoms with Gasteiger partial charge in [0.2, 0.25) is 0 Å². The Labute approximate surface area is 113 Å². The molecule has 1 aliphatic rings. The van der Waals surface area contributed by atoms with Crippen molar-refractivity contribution in [1.29, 1.82) is 0 Å². The molecule has 2 aromatic carbocycles. The molecule has 0 bridgehead atoms. The van der Waals surface area contributed by atoms with Crippen molar-refractivity contribution in [3.63, 3.8) is 0 Å². The topological polar surface area (TPSA) is 47.3 Å². The van der Waals surface area contributed by atoms with Gasteiger partial charge in [-0.25, -0.2) is 0 Å². The summed E-state index contributed by atoms with van der Waals surface area (Å²) in [7, 11) is 0. The molecule has 0 aliphatic carbocycles. The summed E-state index contributed by atoms with van der Waals surface area (Å²) in [5, 5.41) is 3.59. The maximum Gasteiger partial charge on any atom is 0.124 e. The first-order valence-electron chi connectivity index (χ1n) is 6.59. The third-order valence-electron chi connectivity index (χ3n) is 3.66. The van der Waals surface area contributed by atoms with Crippen molar-refractivity contribution >= 4 is 11.4 Å². The van der Waals surface area contributed by atoms with E-state index in [0.29, 0.717) is 0 Å². The molecule has 1 unspecified atom stereocenters. The fourth-order valence-electron chi connectivity index (χ4n) is 2.49. The zero-order valence-corrected chi connectivity index (χ0v) is 11.0. The van der Waals surface area contributed by atoms with Crippen LogP contribution in [0.25, 0.3) is 0 Å². The molecule has 0 amide bonds. The molecule has 2 aromatic rings. The van der Waals surface area contributed by atoms with Crippen LogP contribution in [-0.4, -0.2) is 6.61 Å². The molecule has 98 valence electrons. The van der Waals surface area contributed by atoms with Crippen LogP contribution in [0.2, 0.25) is 0 Å². The van der Waals surface area contributed by atoms with Gasteiger partial charge in [-0.05, 0) is 30.7 Å². The fourth-order valence-corrected chi connectivity index (χ4v) is 2.49. The van der Waals surface area contributed by atoms with E-state index in [9.17, 15) is 0 Å². The molecular weight excluding hydrogens is 236 g/mol. The van der Waals surface area contributed by atoms with Gasteiger partial charge in [0.15, 0.2) is 0 Å². The highest BCUT2D eigenvalue weighted by atomic mass is 16.5. The standard InChI is InChI=1S/C16H18N2O/c1-11-13(17)6-4-7-14(11)18-15-9-10-19-16-8-3-2-5-12(15)16/h2-8,15,18H,9-10,17H2,1H3. The van der Waals surface area contributed by atoms with E-state index in [1.54, 1.807) is 0 Å². The molecule has 0 radical (unpaired) electrons. The molecule has 0 saturated heterocycles. The second kappa shape index (κ2) is 4.84. The molecular formula is C16H18N2O. The van der Waals surface area contributed by atoms with Gasteiger partial charge in [-0.2, -0.15) is 0 Å². The molecule has 19 heavy (non-hydrogen) atoms. The average Bonchev–Trinajstić information content (AvgIpc) is 2.44. The number of benzene rings is 2. The highest BCUT2D eigenvalue weighted by Gasteiger charge is 2.21. The van der Waals surface area contributed by atoms with Crippen molar-refractivity contribution in [2.45, 2.75) is 19.4 Å². The lowest BCUT2D eigenvalue weighted by Crippen LogP contribution is -2.20. The van der Waals surface area contributed by atoms with E-state index in [2.05, 4.69) is 23.5 Å². The second-order valence-electron chi connectivity index (χ2n) is 4.89. The van der Waals surface area contributed by atoms with Gasteiger partial charge in [0, 0.05) is 23.4 Å². The molecule has 1 atom stereocenters. The highest BCUT2D eigenvalue weighted by molar-refractivity contribution is 5.63. The minimum atomic E-state index is 0.283. The van der Waals surface area contributed by atoms with Crippen LogP contribution in [0.3, 0.4) is 0 Å². The molecule has 0 fully saturated rings. The summed E-state index contributed by atoms with van der Waals surface area (Å²) in [4.78, 5) is 0. The Morgan fingerprint density at radius 1 is 1.16 bits per heavy atom. The minimum absolute atomic E-state index is 0.283. The Morgan fingerprint density at radius 2 is 2.00 bits per heavy atom. The zero-order valence-electron chi connectivity index (χ0n) is 11.0. The third-order valence-corrected chi connectivity index (χ3v) is 3.66. The molecule has 1 aliphatic heterocycles. The van der Waals surface area contributed by atoms with Crippen molar-refractivity contribution in [1.82, 2.24) is 0 Å². The van der Waals surface area contributed by atoms with Crippen LogP contribution in [-0.2, 0) is 0 Å². The number of nitrogens with one attached hydrogen (secondary N) is 1. The van der Waals surface area contributed by atoms with Crippen molar-refractivity contribution in [2.75, 3.05) is 17.7 Å². The van der Waals surface area contributed by atoms with Crippen molar-refractivity contribution in [3.05, 3.63) is 53.6 Å². The van der Waals surface area contributed by atoms with Crippen molar-refractivity contribution in [2.24, 2.45) is 0 Å². The summed E-state index contributed by atoms with van der Waals surface area (Å²) in [6.07, 6.45) is 0.964. The van der Waals surface area contributed by atoms with Gasteiger partial charge in [0.25, 0.3) is 0 Å². The van der Waals surface area contributed by atoms with Crippen molar-refractivity contribution in [3.8, 4) is 5.75 Å². The number of anilines is 2. The lowest BCUT2D eigenvalue weighted by atomic mass is 9.99. The minimum Gasteiger partial charge on any atom is -0.493 e. The van der Waals surface area contributed by atoms with E-state index in [1.807, 2.05) is 31.2 Å². The van der Waals surface area contributed by atoms with Gasteiger partial charge in [-0.1, -0.05) is 24.3 Å². The number of hydrogen-bond donors (Lipinski definition) is 2. The van der Waals surface area contributed by atoms with Gasteiger partial charge >= 0.3 is 0 Å². The molecule has 0 aromatic heterocycles. The molecule has 3 heteroatoms. The van der Waals surface area contributed by atoms with Gasteiger partial charge in [0.1, 0.15) is 5.75 Å². The SMILES string of the molecule is Cc1c(N)cccc1NC1CCOc2ccccc21. The third kappa shape index (κ3) is 2.24. The van der Waals surface area contributed by atoms with Crippen LogP contribution in [0.15, 0.2) is 42.5 Å².